The molecule has 1 aliphatic heterocycles. The molecule has 3 rings (SSSR count). The molecule has 11 heteroatoms. The molecule has 1 fully saturated rings. The van der Waals surface area contributed by atoms with Crippen molar-refractivity contribution in [1.82, 2.24) is 9.62 Å². The Bertz CT molecular complexity index is 872. The van der Waals surface area contributed by atoms with E-state index >= 15 is 0 Å². The largest absolute Gasteiger partial charge is 0.325 e. The van der Waals surface area contributed by atoms with Crippen LogP contribution in [0.5, 0.6) is 0 Å². The minimum atomic E-state index is -3.84. The molecule has 1 saturated heterocycles. The van der Waals surface area contributed by atoms with Crippen LogP contribution in [0.15, 0.2) is 40.6 Å². The van der Waals surface area contributed by atoms with E-state index in [1.54, 1.807) is 24.3 Å². The molecule has 1 N–H and O–H groups in total. The van der Waals surface area contributed by atoms with Crippen molar-refractivity contribution in [3.63, 3.8) is 0 Å². The number of rotatable bonds is 4. The Hall–Kier alpha value is -1.23. The fourth-order valence-corrected chi connectivity index (χ4v) is 5.75. The molecule has 0 saturated carbocycles. The Balaban J connectivity index is 0.00000225. The molecule has 136 valence electrons. The van der Waals surface area contributed by atoms with Crippen molar-refractivity contribution in [2.24, 2.45) is 0 Å². The summed E-state index contributed by atoms with van der Waals surface area (Å²) < 4.78 is 27.2. The fourth-order valence-electron chi connectivity index (χ4n) is 2.65. The van der Waals surface area contributed by atoms with Gasteiger partial charge in [0, 0.05) is 30.7 Å². The van der Waals surface area contributed by atoms with Crippen LogP contribution in [0.1, 0.15) is 11.6 Å². The summed E-state index contributed by atoms with van der Waals surface area (Å²) in [5, 5.41) is 14.3. The highest BCUT2D eigenvalue weighted by molar-refractivity contribution is 7.91. The molecule has 0 bridgehead atoms. The second-order valence-electron chi connectivity index (χ2n) is 5.21. The monoisotopic (exact) mass is 423 g/mol. The van der Waals surface area contributed by atoms with Crippen LogP contribution in [-0.2, 0) is 10.0 Å². The number of nitrogens with zero attached hydrogens (tertiary/aromatic N) is 2. The zero-order valence-electron chi connectivity index (χ0n) is 12.8. The van der Waals surface area contributed by atoms with Crippen LogP contribution in [-0.4, -0.2) is 37.3 Å². The van der Waals surface area contributed by atoms with Gasteiger partial charge in [-0.05, 0) is 29.0 Å². The third kappa shape index (κ3) is 3.97. The number of nitrogens with one attached hydrogen (secondary N) is 1. The molecular formula is C14H15Cl2N3O4S2. The molecule has 0 radical (unpaired) electrons. The van der Waals surface area contributed by atoms with E-state index in [0.717, 1.165) is 0 Å². The maximum absolute atomic E-state index is 13.0. The van der Waals surface area contributed by atoms with Gasteiger partial charge in [0.25, 0.3) is 10.0 Å². The van der Waals surface area contributed by atoms with Crippen LogP contribution in [0.2, 0.25) is 5.02 Å². The smallest absolute Gasteiger partial charge is 0.313 e. The second-order valence-corrected chi connectivity index (χ2v) is 8.79. The lowest BCUT2D eigenvalue weighted by Crippen LogP contribution is -2.48. The molecule has 1 aliphatic rings. The quantitative estimate of drug-likeness (QED) is 0.602. The van der Waals surface area contributed by atoms with Crippen molar-refractivity contribution in [3.8, 4) is 0 Å². The van der Waals surface area contributed by atoms with Crippen LogP contribution in [0.4, 0.5) is 5.00 Å². The number of thiophene rings is 1. The maximum atomic E-state index is 13.0. The first kappa shape index (κ1) is 20.1. The van der Waals surface area contributed by atoms with Gasteiger partial charge in [-0.3, -0.25) is 10.1 Å². The topological polar surface area (TPSA) is 92.5 Å². The normalized spacial score (nSPS) is 18.5. The first-order chi connectivity index (χ1) is 11.4. The molecule has 1 unspecified atom stereocenters. The minimum absolute atomic E-state index is 0. The highest BCUT2D eigenvalue weighted by Crippen LogP contribution is 2.36. The van der Waals surface area contributed by atoms with E-state index in [9.17, 15) is 18.5 Å². The summed E-state index contributed by atoms with van der Waals surface area (Å²) >= 11 is 6.89. The van der Waals surface area contributed by atoms with Crippen LogP contribution in [0.25, 0.3) is 0 Å². The summed E-state index contributed by atoms with van der Waals surface area (Å²) in [5.41, 5.74) is 0.709. The molecular weight excluding hydrogens is 409 g/mol. The van der Waals surface area contributed by atoms with Crippen molar-refractivity contribution in [2.75, 3.05) is 19.6 Å². The molecule has 0 amide bonds. The van der Waals surface area contributed by atoms with Crippen molar-refractivity contribution in [2.45, 2.75) is 10.3 Å². The SMILES string of the molecule is Cl.O=[N+]([O-])c1ccc(S(=O)(=O)N2CCNCC2c2ccccc2Cl)s1. The van der Waals surface area contributed by atoms with Crippen LogP contribution in [0.3, 0.4) is 0 Å². The van der Waals surface area contributed by atoms with E-state index in [0.29, 0.717) is 35.0 Å². The zero-order valence-corrected chi connectivity index (χ0v) is 16.0. The van der Waals surface area contributed by atoms with Gasteiger partial charge in [0.2, 0.25) is 0 Å². The first-order valence-corrected chi connectivity index (χ1v) is 9.76. The van der Waals surface area contributed by atoms with Gasteiger partial charge in [0.15, 0.2) is 0 Å². The predicted octanol–water partition coefficient (Wildman–Crippen LogP) is 3.07. The zero-order chi connectivity index (χ0) is 17.3. The molecule has 2 aromatic rings. The molecule has 0 aliphatic carbocycles. The third-order valence-electron chi connectivity index (χ3n) is 3.77. The average Bonchev–Trinajstić information content (AvgIpc) is 3.06. The molecule has 1 aromatic heterocycles. The Labute approximate surface area is 160 Å². The van der Waals surface area contributed by atoms with E-state index < -0.39 is 21.0 Å². The molecule has 25 heavy (non-hydrogen) atoms. The van der Waals surface area contributed by atoms with E-state index in [1.807, 2.05) is 0 Å². The van der Waals surface area contributed by atoms with Gasteiger partial charge >= 0.3 is 5.00 Å². The predicted molar refractivity (Wildman–Crippen MR) is 99.2 cm³/mol. The van der Waals surface area contributed by atoms with Gasteiger partial charge in [0.05, 0.1) is 11.0 Å². The Morgan fingerprint density at radius 2 is 2.00 bits per heavy atom. The van der Waals surface area contributed by atoms with Crippen LogP contribution < -0.4 is 5.32 Å². The van der Waals surface area contributed by atoms with Gasteiger partial charge in [-0.15, -0.1) is 12.4 Å². The van der Waals surface area contributed by atoms with Gasteiger partial charge in [0.1, 0.15) is 4.21 Å². The number of hydrogen-bond donors (Lipinski definition) is 1. The number of halogens is 2. The van der Waals surface area contributed by atoms with Gasteiger partial charge < -0.3 is 5.32 Å². The lowest BCUT2D eigenvalue weighted by atomic mass is 10.1. The Morgan fingerprint density at radius 1 is 1.28 bits per heavy atom. The van der Waals surface area contributed by atoms with Crippen molar-refractivity contribution >= 4 is 50.4 Å². The number of sulfonamides is 1. The van der Waals surface area contributed by atoms with E-state index in [-0.39, 0.29) is 28.2 Å². The summed E-state index contributed by atoms with van der Waals surface area (Å²) in [7, 11) is -3.84. The highest BCUT2D eigenvalue weighted by atomic mass is 35.5. The Kier molecular flexibility index (Phi) is 6.41. The lowest BCUT2D eigenvalue weighted by molar-refractivity contribution is -0.380. The first-order valence-electron chi connectivity index (χ1n) is 7.12. The summed E-state index contributed by atoms with van der Waals surface area (Å²) in [4.78, 5) is 10.2. The average molecular weight is 424 g/mol. The standard InChI is InChI=1S/C14H14ClN3O4S2.ClH/c15-11-4-2-1-3-10(11)12-9-16-7-8-17(12)24(21,22)14-6-5-13(23-14)18(19)20;/h1-6,12,16H,7-9H2;1H. The maximum Gasteiger partial charge on any atom is 0.325 e. The molecule has 7 nitrogen and oxygen atoms in total. The van der Waals surface area contributed by atoms with E-state index in [2.05, 4.69) is 5.32 Å². The highest BCUT2D eigenvalue weighted by Gasteiger charge is 2.36. The van der Waals surface area contributed by atoms with Crippen molar-refractivity contribution in [1.29, 1.82) is 0 Å². The molecule has 0 spiro atoms. The number of hydrogen-bond acceptors (Lipinski definition) is 6. The molecule has 1 atom stereocenters. The van der Waals surface area contributed by atoms with Gasteiger partial charge in [-0.25, -0.2) is 8.42 Å². The molecule has 1 aromatic carbocycles. The van der Waals surface area contributed by atoms with Gasteiger partial charge in [-0.1, -0.05) is 29.8 Å². The van der Waals surface area contributed by atoms with Crippen molar-refractivity contribution < 1.29 is 13.3 Å². The number of piperazine rings is 1. The minimum Gasteiger partial charge on any atom is -0.313 e. The summed E-state index contributed by atoms with van der Waals surface area (Å²) in [5.74, 6) is 0. The van der Waals surface area contributed by atoms with Gasteiger partial charge in [-0.2, -0.15) is 4.31 Å². The summed E-state index contributed by atoms with van der Waals surface area (Å²) in [6.07, 6.45) is 0. The third-order valence-corrected chi connectivity index (χ3v) is 7.53. The lowest BCUT2D eigenvalue weighted by Gasteiger charge is -2.35. The fraction of sp³-hybridized carbons (Fsp3) is 0.286. The summed E-state index contributed by atoms with van der Waals surface area (Å²) in [6, 6.07) is 9.12. The number of benzene rings is 1. The van der Waals surface area contributed by atoms with Crippen molar-refractivity contribution in [3.05, 3.63) is 57.1 Å². The second kappa shape index (κ2) is 7.98. The van der Waals surface area contributed by atoms with Crippen LogP contribution >= 0.6 is 35.3 Å². The van der Waals surface area contributed by atoms with Crippen LogP contribution in [0, 0.1) is 10.1 Å². The van der Waals surface area contributed by atoms with E-state index in [4.69, 9.17) is 11.6 Å². The Morgan fingerprint density at radius 3 is 2.64 bits per heavy atom. The summed E-state index contributed by atoms with van der Waals surface area (Å²) in [6.45, 7) is 1.20. The number of nitro groups is 1. The van der Waals surface area contributed by atoms with E-state index in [1.165, 1.54) is 16.4 Å². The molecule has 2 heterocycles.